The molecule has 0 aliphatic carbocycles. The molecule has 0 radical (unpaired) electrons. The van der Waals surface area contributed by atoms with E-state index >= 15 is 0 Å². The zero-order valence-electron chi connectivity index (χ0n) is 45.3. The molecule has 2 saturated heterocycles. The molecule has 5 atom stereocenters. The second kappa shape index (κ2) is 31.9. The number of fused-ring (bicyclic) bond motifs is 2. The number of anilines is 3. The Bertz CT molecular complexity index is 2880. The molecular formula is C53H72N18O9S. The zero-order chi connectivity index (χ0) is 58.1. The smallest absolute Gasteiger partial charge is 0.315 e. The van der Waals surface area contributed by atoms with Crippen LogP contribution in [-0.2, 0) is 30.5 Å². The lowest BCUT2D eigenvalue weighted by Gasteiger charge is -2.20. The van der Waals surface area contributed by atoms with Crippen LogP contribution in [0.25, 0.3) is 21.6 Å². The number of aliphatic carboxylic acids is 1. The van der Waals surface area contributed by atoms with Gasteiger partial charge in [0.1, 0.15) is 6.04 Å². The fraction of sp³-hybridized carbons (Fsp3) is 0.509. The van der Waals surface area contributed by atoms with Crippen molar-refractivity contribution in [1.82, 2.24) is 62.5 Å². The van der Waals surface area contributed by atoms with Gasteiger partial charge in [-0.15, -0.1) is 0 Å². The molecule has 0 saturated carbocycles. The number of nitrogen functional groups attached to an aromatic ring is 2. The third-order valence-corrected chi connectivity index (χ3v) is 15.2. The maximum absolute atomic E-state index is 13.5. The number of azide groups is 1. The van der Waals surface area contributed by atoms with Crippen LogP contribution in [0.5, 0.6) is 0 Å². The van der Waals surface area contributed by atoms with Gasteiger partial charge >= 0.3 is 12.0 Å². The Balaban J connectivity index is 0.871. The van der Waals surface area contributed by atoms with Crippen molar-refractivity contribution >= 4 is 93.5 Å². The summed E-state index contributed by atoms with van der Waals surface area (Å²) in [5, 5.41) is 36.2. The van der Waals surface area contributed by atoms with Crippen molar-refractivity contribution in [3.63, 3.8) is 0 Å². The summed E-state index contributed by atoms with van der Waals surface area (Å²) in [6, 6.07) is 11.9. The SMILES string of the molecule is CN(Cc1cnc2nc(N)nc(N)c2n1)c1ccc(C(=O)NC[C@@H](CCC(=O)O)C(=O)NCCCNC(=O)[C@H](CCCCNC(=O)CCCCCNC(=O)CCCC[C@@H]2SC[C@@H]3NC(=O)N[C@@H]32)NC(=O)c2ccc(N=[N+]=[N-])cc2)cc1. The number of nitrogens with two attached hydrogens (primary N) is 2. The number of nitrogens with one attached hydrogen (secondary N) is 8. The molecule has 8 amide bonds. The second-order valence-corrected chi connectivity index (χ2v) is 21.1. The number of hydrogen-bond acceptors (Lipinski definition) is 17. The van der Waals surface area contributed by atoms with Crippen molar-refractivity contribution in [3.8, 4) is 0 Å². The summed E-state index contributed by atoms with van der Waals surface area (Å²) in [6.45, 7) is 1.34. The van der Waals surface area contributed by atoms with Crippen molar-refractivity contribution in [3.05, 3.63) is 82.0 Å². The van der Waals surface area contributed by atoms with Crippen LogP contribution in [0.1, 0.15) is 116 Å². The average molecular weight is 1140 g/mol. The Labute approximate surface area is 472 Å². The van der Waals surface area contributed by atoms with E-state index in [0.29, 0.717) is 79.4 Å². The Kier molecular flexibility index (Phi) is 24.3. The molecule has 2 aliphatic rings. The molecule has 4 aromatic rings. The molecule has 0 unspecified atom stereocenters. The Hall–Kier alpha value is -8.52. The summed E-state index contributed by atoms with van der Waals surface area (Å²) < 4.78 is 0. The summed E-state index contributed by atoms with van der Waals surface area (Å²) >= 11 is 1.87. The molecule has 2 aliphatic heterocycles. The number of unbranched alkanes of at least 4 members (excludes halogenated alkanes) is 4. The number of hydrogen-bond donors (Lipinski definition) is 11. The first-order chi connectivity index (χ1) is 39.1. The monoisotopic (exact) mass is 1140 g/mol. The Morgan fingerprint density at radius 3 is 2.12 bits per heavy atom. The molecule has 4 heterocycles. The van der Waals surface area contributed by atoms with Gasteiger partial charge in [0, 0.05) is 97.5 Å². The third-order valence-electron chi connectivity index (χ3n) is 13.6. The molecule has 0 spiro atoms. The van der Waals surface area contributed by atoms with Gasteiger partial charge in [0.2, 0.25) is 29.6 Å². The van der Waals surface area contributed by atoms with Crippen LogP contribution in [0.4, 0.5) is 27.9 Å². The highest BCUT2D eigenvalue weighted by molar-refractivity contribution is 8.00. The van der Waals surface area contributed by atoms with E-state index in [-0.39, 0.29) is 98.2 Å². The van der Waals surface area contributed by atoms with E-state index in [1.165, 1.54) is 24.3 Å². The number of carbonyl (C=O) groups is 8. The van der Waals surface area contributed by atoms with E-state index in [2.05, 4.69) is 72.5 Å². The highest BCUT2D eigenvalue weighted by atomic mass is 32.2. The van der Waals surface area contributed by atoms with E-state index in [4.69, 9.17) is 17.0 Å². The lowest BCUT2D eigenvalue weighted by Crippen LogP contribution is -2.47. The number of carboxylic acid groups (broad SMARTS) is 1. The number of amides is 8. The van der Waals surface area contributed by atoms with Crippen LogP contribution < -0.4 is 58.9 Å². The minimum Gasteiger partial charge on any atom is -0.481 e. The molecule has 81 heavy (non-hydrogen) atoms. The van der Waals surface area contributed by atoms with E-state index in [1.807, 2.05) is 23.7 Å². The molecule has 13 N–H and O–H groups in total. The van der Waals surface area contributed by atoms with Gasteiger partial charge in [-0.1, -0.05) is 30.1 Å². The minimum absolute atomic E-state index is 0.00645. The van der Waals surface area contributed by atoms with Gasteiger partial charge in [0.25, 0.3) is 11.8 Å². The standard InChI is InChI=1S/C53H72N18O9S/c1-71(30-36-29-61-47-45(63-36)46(54)67-52(55)68-47)37-21-16-32(17-22-37)48(76)62-28-34(18-23-43(74)75)49(77)59-26-9-27-60-51(79)38(64-50(78)33-14-19-35(20-15-33)69-70-56)10-6-8-25-58-41(72)12-3-2-7-24-57-42(73)13-5-4-11-40-44-39(31-81-40)65-53(80)66-44/h14-17,19-22,29,34,38-40,44H,2-13,18,23-28,30-31H2,1H3,(H,57,73)(H,58,72)(H,59,77)(H,60,79)(H,62,76)(H,64,78)(H,74,75)(H2,65,66,80)(H4,54,55,61,67,68)/t34-,38+,39+,40+,44+/m1/s1. The third kappa shape index (κ3) is 20.3. The quantitative estimate of drug-likeness (QED) is 0.0105. The number of aromatic nitrogens is 4. The topological polar surface area (TPSA) is 409 Å². The van der Waals surface area contributed by atoms with Gasteiger partial charge in [0.15, 0.2) is 17.0 Å². The first-order valence-corrected chi connectivity index (χ1v) is 28.2. The van der Waals surface area contributed by atoms with Gasteiger partial charge in [-0.2, -0.15) is 21.7 Å². The summed E-state index contributed by atoms with van der Waals surface area (Å²) in [6.07, 6.45) is 8.37. The molecule has 434 valence electrons. The predicted molar refractivity (Wildman–Crippen MR) is 305 cm³/mol. The summed E-state index contributed by atoms with van der Waals surface area (Å²) in [7, 11) is 1.83. The van der Waals surface area contributed by atoms with E-state index in [1.54, 1.807) is 30.5 Å². The average Bonchev–Trinajstić information content (AvgIpc) is 4.14. The number of benzene rings is 2. The van der Waals surface area contributed by atoms with Crippen LogP contribution in [0.2, 0.25) is 0 Å². The van der Waals surface area contributed by atoms with Crippen molar-refractivity contribution in [2.45, 2.75) is 120 Å². The number of carbonyl (C=O) groups excluding carboxylic acids is 7. The molecule has 0 bridgehead atoms. The number of rotatable bonds is 34. The van der Waals surface area contributed by atoms with Crippen molar-refractivity contribution in [2.24, 2.45) is 11.0 Å². The predicted octanol–water partition coefficient (Wildman–Crippen LogP) is 3.48. The Morgan fingerprint density at radius 2 is 1.42 bits per heavy atom. The van der Waals surface area contributed by atoms with Crippen molar-refractivity contribution in [2.75, 3.05) is 61.9 Å². The number of urea groups is 1. The number of thioether (sulfide) groups is 1. The van der Waals surface area contributed by atoms with E-state index in [9.17, 15) is 43.5 Å². The molecule has 2 aromatic heterocycles. The first-order valence-electron chi connectivity index (χ1n) is 27.2. The van der Waals surface area contributed by atoms with Crippen LogP contribution >= 0.6 is 11.8 Å². The normalized spacial score (nSPS) is 15.9. The summed E-state index contributed by atoms with van der Waals surface area (Å²) in [5.74, 6) is -3.00. The second-order valence-electron chi connectivity index (χ2n) is 19.8. The molecule has 2 fully saturated rings. The van der Waals surface area contributed by atoms with E-state index < -0.39 is 41.6 Å². The lowest BCUT2D eigenvalue weighted by atomic mass is 10.0. The molecule has 2 aromatic carbocycles. The summed E-state index contributed by atoms with van der Waals surface area (Å²) in [4.78, 5) is 123. The molecular weight excluding hydrogens is 1060 g/mol. The van der Waals surface area contributed by atoms with Gasteiger partial charge < -0.3 is 64.0 Å². The molecule has 27 nitrogen and oxygen atoms in total. The van der Waals surface area contributed by atoms with Gasteiger partial charge in [-0.25, -0.2) is 14.8 Å². The first kappa shape index (κ1) is 61.7. The summed E-state index contributed by atoms with van der Waals surface area (Å²) in [5.41, 5.74) is 23.2. The van der Waals surface area contributed by atoms with Crippen LogP contribution in [0.15, 0.2) is 59.8 Å². The highest BCUT2D eigenvalue weighted by Crippen LogP contribution is 2.33. The zero-order valence-corrected chi connectivity index (χ0v) is 46.1. The maximum atomic E-state index is 13.5. The fourth-order valence-electron chi connectivity index (χ4n) is 9.19. The van der Waals surface area contributed by atoms with Gasteiger partial charge in [-0.3, -0.25) is 33.6 Å². The fourth-order valence-corrected chi connectivity index (χ4v) is 10.7. The molecule has 28 heteroatoms. The van der Waals surface area contributed by atoms with Crippen LogP contribution in [0.3, 0.4) is 0 Å². The maximum Gasteiger partial charge on any atom is 0.315 e. The van der Waals surface area contributed by atoms with E-state index in [0.717, 1.165) is 43.5 Å². The van der Waals surface area contributed by atoms with Gasteiger partial charge in [0.05, 0.1) is 36.4 Å². The molecule has 6 rings (SSSR count). The minimum atomic E-state index is -1.10. The lowest BCUT2D eigenvalue weighted by molar-refractivity contribution is -0.137. The van der Waals surface area contributed by atoms with Crippen LogP contribution in [0, 0.1) is 5.92 Å². The van der Waals surface area contributed by atoms with Crippen LogP contribution in [-0.4, -0.2) is 141 Å². The van der Waals surface area contributed by atoms with Crippen molar-refractivity contribution in [1.29, 1.82) is 0 Å². The van der Waals surface area contributed by atoms with Crippen molar-refractivity contribution < 1.29 is 43.5 Å². The largest absolute Gasteiger partial charge is 0.481 e. The van der Waals surface area contributed by atoms with Gasteiger partial charge in [-0.05, 0) is 99.7 Å². The number of carboxylic acids is 1. The number of nitrogens with zero attached hydrogens (tertiary/aromatic N) is 8. The highest BCUT2D eigenvalue weighted by Gasteiger charge is 2.42. The Morgan fingerprint density at radius 1 is 0.765 bits per heavy atom.